The van der Waals surface area contributed by atoms with E-state index < -0.39 is 0 Å². The van der Waals surface area contributed by atoms with Crippen LogP contribution in [-0.4, -0.2) is 67.6 Å². The standard InChI is InChI=1S/C24H35N3O3/c1-19(28)25-15-23(29)27-17-22-5-3-2-4-21(22)14-24(18-27)8-10-26(11-9-24)16-20-6-12-30-13-7-20/h2-5,20H,6-18H2,1H3,(H,25,28). The van der Waals surface area contributed by atoms with E-state index in [0.717, 1.165) is 58.0 Å². The van der Waals surface area contributed by atoms with E-state index in [1.807, 2.05) is 4.90 Å². The highest BCUT2D eigenvalue weighted by Crippen LogP contribution is 2.40. The number of amides is 2. The second-order valence-corrected chi connectivity index (χ2v) is 9.46. The monoisotopic (exact) mass is 413 g/mol. The summed E-state index contributed by atoms with van der Waals surface area (Å²) < 4.78 is 5.51. The van der Waals surface area contributed by atoms with Crippen LogP contribution in [0.15, 0.2) is 24.3 Å². The first-order valence-electron chi connectivity index (χ1n) is 11.4. The Balaban J connectivity index is 1.45. The van der Waals surface area contributed by atoms with Crippen LogP contribution < -0.4 is 5.32 Å². The maximum absolute atomic E-state index is 12.9. The third kappa shape index (κ3) is 5.22. The van der Waals surface area contributed by atoms with Gasteiger partial charge in [-0.3, -0.25) is 9.59 Å². The molecule has 3 aliphatic heterocycles. The van der Waals surface area contributed by atoms with Crippen molar-refractivity contribution in [3.63, 3.8) is 0 Å². The second-order valence-electron chi connectivity index (χ2n) is 9.46. The molecule has 0 aromatic heterocycles. The number of carbonyl (C=O) groups excluding carboxylic acids is 2. The Hall–Kier alpha value is -1.92. The Morgan fingerprint density at radius 2 is 1.83 bits per heavy atom. The van der Waals surface area contributed by atoms with Crippen LogP contribution in [0.4, 0.5) is 0 Å². The van der Waals surface area contributed by atoms with Crippen molar-refractivity contribution in [1.29, 1.82) is 0 Å². The molecule has 0 aliphatic carbocycles. The first-order valence-corrected chi connectivity index (χ1v) is 11.4. The van der Waals surface area contributed by atoms with Crippen molar-refractivity contribution in [3.05, 3.63) is 35.4 Å². The summed E-state index contributed by atoms with van der Waals surface area (Å²) in [6.07, 6.45) is 5.64. The van der Waals surface area contributed by atoms with Crippen molar-refractivity contribution in [2.24, 2.45) is 11.3 Å². The molecule has 3 aliphatic rings. The Labute approximate surface area is 179 Å². The van der Waals surface area contributed by atoms with Gasteiger partial charge in [0.2, 0.25) is 11.8 Å². The Morgan fingerprint density at radius 3 is 2.53 bits per heavy atom. The number of nitrogens with zero attached hydrogens (tertiary/aromatic N) is 2. The minimum absolute atomic E-state index is 0.0194. The number of likely N-dealkylation sites (tertiary alicyclic amines) is 1. The fourth-order valence-corrected chi connectivity index (χ4v) is 5.34. The molecule has 1 spiro atoms. The molecule has 4 rings (SSSR count). The van der Waals surface area contributed by atoms with Gasteiger partial charge < -0.3 is 19.9 Å². The fourth-order valence-electron chi connectivity index (χ4n) is 5.34. The number of rotatable bonds is 4. The van der Waals surface area contributed by atoms with Crippen LogP contribution in [0.2, 0.25) is 0 Å². The predicted molar refractivity (Wildman–Crippen MR) is 116 cm³/mol. The second kappa shape index (κ2) is 9.48. The average Bonchev–Trinajstić information content (AvgIpc) is 2.91. The van der Waals surface area contributed by atoms with Gasteiger partial charge in [0.15, 0.2) is 0 Å². The normalized spacial score (nSPS) is 22.4. The number of fused-ring (bicyclic) bond motifs is 1. The molecular formula is C24H35N3O3. The molecule has 0 atom stereocenters. The van der Waals surface area contributed by atoms with E-state index in [4.69, 9.17) is 4.74 Å². The highest BCUT2D eigenvalue weighted by Gasteiger charge is 2.40. The molecule has 0 bridgehead atoms. The Bertz CT molecular complexity index is 752. The van der Waals surface area contributed by atoms with E-state index in [1.54, 1.807) is 0 Å². The Morgan fingerprint density at radius 1 is 1.13 bits per heavy atom. The van der Waals surface area contributed by atoms with Crippen LogP contribution in [0.1, 0.15) is 43.7 Å². The molecule has 2 saturated heterocycles. The first kappa shape index (κ1) is 21.3. The largest absolute Gasteiger partial charge is 0.381 e. The number of carbonyl (C=O) groups is 2. The highest BCUT2D eigenvalue weighted by atomic mass is 16.5. The summed E-state index contributed by atoms with van der Waals surface area (Å²) in [6, 6.07) is 8.55. The molecule has 1 N–H and O–H groups in total. The lowest BCUT2D eigenvalue weighted by molar-refractivity contribution is -0.134. The molecule has 2 amide bonds. The van der Waals surface area contributed by atoms with Gasteiger partial charge >= 0.3 is 0 Å². The summed E-state index contributed by atoms with van der Waals surface area (Å²) >= 11 is 0. The molecule has 30 heavy (non-hydrogen) atoms. The lowest BCUT2D eigenvalue weighted by Crippen LogP contribution is -2.49. The lowest BCUT2D eigenvalue weighted by atomic mass is 9.73. The summed E-state index contributed by atoms with van der Waals surface area (Å²) in [5.41, 5.74) is 2.75. The molecule has 1 aromatic rings. The summed E-state index contributed by atoms with van der Waals surface area (Å²) in [6.45, 7) is 8.17. The van der Waals surface area contributed by atoms with Crippen molar-refractivity contribution in [1.82, 2.24) is 15.1 Å². The van der Waals surface area contributed by atoms with Gasteiger partial charge in [-0.2, -0.15) is 0 Å². The van der Waals surface area contributed by atoms with Crippen molar-refractivity contribution < 1.29 is 14.3 Å². The van der Waals surface area contributed by atoms with Gasteiger partial charge in [-0.05, 0) is 67.7 Å². The van der Waals surface area contributed by atoms with Gasteiger partial charge in [0, 0.05) is 39.8 Å². The molecule has 0 radical (unpaired) electrons. The molecule has 6 heteroatoms. The van der Waals surface area contributed by atoms with Gasteiger partial charge in [-0.1, -0.05) is 24.3 Å². The smallest absolute Gasteiger partial charge is 0.242 e. The summed E-state index contributed by atoms with van der Waals surface area (Å²) in [5, 5.41) is 2.68. The number of piperidine rings is 1. The SMILES string of the molecule is CC(=O)NCC(=O)N1Cc2ccccc2CC2(CCN(CC3CCOCC3)CC2)C1. The molecule has 6 nitrogen and oxygen atoms in total. The van der Waals surface area contributed by atoms with Crippen LogP contribution in [0.25, 0.3) is 0 Å². The van der Waals surface area contributed by atoms with Crippen molar-refractivity contribution >= 4 is 11.8 Å². The molecule has 164 valence electrons. The van der Waals surface area contributed by atoms with E-state index in [9.17, 15) is 9.59 Å². The third-order valence-electron chi connectivity index (χ3n) is 7.19. The van der Waals surface area contributed by atoms with E-state index in [0.29, 0.717) is 6.54 Å². The van der Waals surface area contributed by atoms with E-state index in [-0.39, 0.29) is 23.8 Å². The van der Waals surface area contributed by atoms with Gasteiger partial charge in [-0.15, -0.1) is 0 Å². The van der Waals surface area contributed by atoms with Crippen LogP contribution in [-0.2, 0) is 27.3 Å². The van der Waals surface area contributed by atoms with Crippen molar-refractivity contribution in [2.75, 3.05) is 45.9 Å². The molecule has 0 saturated carbocycles. The van der Waals surface area contributed by atoms with Gasteiger partial charge in [-0.25, -0.2) is 0 Å². The minimum Gasteiger partial charge on any atom is -0.381 e. The summed E-state index contributed by atoms with van der Waals surface area (Å²) in [7, 11) is 0. The average molecular weight is 414 g/mol. The van der Waals surface area contributed by atoms with Crippen LogP contribution in [0.3, 0.4) is 0 Å². The van der Waals surface area contributed by atoms with Crippen LogP contribution in [0.5, 0.6) is 0 Å². The van der Waals surface area contributed by atoms with Gasteiger partial charge in [0.1, 0.15) is 0 Å². The molecule has 2 fully saturated rings. The van der Waals surface area contributed by atoms with Gasteiger partial charge in [0.05, 0.1) is 6.54 Å². The zero-order chi connectivity index (χ0) is 21.0. The third-order valence-corrected chi connectivity index (χ3v) is 7.19. The maximum Gasteiger partial charge on any atom is 0.242 e. The fraction of sp³-hybridized carbons (Fsp3) is 0.667. The predicted octanol–water partition coefficient (Wildman–Crippen LogP) is 2.22. The van der Waals surface area contributed by atoms with E-state index in [1.165, 1.54) is 37.4 Å². The molecule has 1 aromatic carbocycles. The maximum atomic E-state index is 12.9. The van der Waals surface area contributed by atoms with Crippen LogP contribution in [0, 0.1) is 11.3 Å². The number of ether oxygens (including phenoxy) is 1. The van der Waals surface area contributed by atoms with Crippen molar-refractivity contribution in [2.45, 2.75) is 45.6 Å². The van der Waals surface area contributed by atoms with E-state index >= 15 is 0 Å². The van der Waals surface area contributed by atoms with Crippen molar-refractivity contribution in [3.8, 4) is 0 Å². The van der Waals surface area contributed by atoms with Crippen LogP contribution >= 0.6 is 0 Å². The number of hydrogen-bond acceptors (Lipinski definition) is 4. The zero-order valence-electron chi connectivity index (χ0n) is 18.2. The summed E-state index contributed by atoms with van der Waals surface area (Å²) in [5.74, 6) is 0.624. The van der Waals surface area contributed by atoms with E-state index in [2.05, 4.69) is 34.5 Å². The molecule has 0 unspecified atom stereocenters. The quantitative estimate of drug-likeness (QED) is 0.822. The highest BCUT2D eigenvalue weighted by molar-refractivity contribution is 5.83. The molecular weight excluding hydrogens is 378 g/mol. The Kier molecular flexibility index (Phi) is 6.74. The number of hydrogen-bond donors (Lipinski definition) is 1. The number of benzene rings is 1. The topological polar surface area (TPSA) is 61.9 Å². The zero-order valence-corrected chi connectivity index (χ0v) is 18.2. The number of nitrogens with one attached hydrogen (secondary N) is 1. The summed E-state index contributed by atoms with van der Waals surface area (Å²) in [4.78, 5) is 28.8. The molecule has 3 heterocycles. The van der Waals surface area contributed by atoms with Gasteiger partial charge in [0.25, 0.3) is 0 Å². The minimum atomic E-state index is -0.158. The first-order chi connectivity index (χ1) is 14.5. The lowest BCUT2D eigenvalue weighted by Gasteiger charge is -2.44.